The molecule has 1 aromatic heterocycles. The number of aryl methyl sites for hydroxylation is 1. The van der Waals surface area contributed by atoms with E-state index >= 15 is 0 Å². The summed E-state index contributed by atoms with van der Waals surface area (Å²) in [5, 5.41) is 0.291. The van der Waals surface area contributed by atoms with E-state index in [2.05, 4.69) is 9.71 Å². The highest BCUT2D eigenvalue weighted by atomic mass is 32.2. The first kappa shape index (κ1) is 29.3. The fourth-order valence-electron chi connectivity index (χ4n) is 3.45. The fraction of sp³-hybridized carbons (Fsp3) is 0.370. The lowest BCUT2D eigenvalue weighted by atomic mass is 10.0. The number of anilines is 1. The van der Waals surface area contributed by atoms with Gasteiger partial charge in [0.05, 0.1) is 12.1 Å². The molecule has 1 N–H and O–H groups in total. The smallest absolute Gasteiger partial charge is 0.410 e. The quantitative estimate of drug-likeness (QED) is 0.415. The van der Waals surface area contributed by atoms with E-state index in [4.69, 9.17) is 4.74 Å². The maximum Gasteiger partial charge on any atom is 0.410 e. The Kier molecular flexibility index (Phi) is 9.29. The van der Waals surface area contributed by atoms with Gasteiger partial charge in [-0.2, -0.15) is 0 Å². The van der Waals surface area contributed by atoms with Gasteiger partial charge in [-0.3, -0.25) is 9.69 Å². The van der Waals surface area contributed by atoms with Gasteiger partial charge in [0.2, 0.25) is 5.91 Å². The average Bonchev–Trinajstić information content (AvgIpc) is 3.26. The van der Waals surface area contributed by atoms with Gasteiger partial charge in [0.25, 0.3) is 10.0 Å². The number of amides is 2. The Hall–Kier alpha value is -3.28. The largest absolute Gasteiger partial charge is 0.444 e. The molecule has 1 heterocycles. The van der Waals surface area contributed by atoms with Crippen LogP contribution in [0.3, 0.4) is 0 Å². The molecule has 9 nitrogen and oxygen atoms in total. The first-order valence-electron chi connectivity index (χ1n) is 12.1. The number of thiazole rings is 1. The average molecular weight is 559 g/mol. The zero-order valence-corrected chi connectivity index (χ0v) is 24.1. The molecule has 0 saturated carbocycles. The lowest BCUT2D eigenvalue weighted by Crippen LogP contribution is -2.39. The SMILES string of the molecule is Cc1nc(N(C)C(=O)Cc2ccc(-c3ccccc3)cc2)sc1S(=O)(=O)NCCN(C)C(=O)OC(C)(C)C. The summed E-state index contributed by atoms with van der Waals surface area (Å²) in [5.74, 6) is -0.206. The number of hydrogen-bond acceptors (Lipinski definition) is 7. The van der Waals surface area contributed by atoms with Crippen LogP contribution in [0.15, 0.2) is 58.8 Å². The van der Waals surface area contributed by atoms with Crippen molar-refractivity contribution >= 4 is 38.5 Å². The summed E-state index contributed by atoms with van der Waals surface area (Å²) < 4.78 is 33.6. The van der Waals surface area contributed by atoms with Gasteiger partial charge in [0.1, 0.15) is 5.60 Å². The maximum atomic E-state index is 12.9. The van der Waals surface area contributed by atoms with Gasteiger partial charge >= 0.3 is 6.09 Å². The second kappa shape index (κ2) is 12.1. The summed E-state index contributed by atoms with van der Waals surface area (Å²) in [4.78, 5) is 32.0. The number of nitrogens with zero attached hydrogens (tertiary/aromatic N) is 3. The van der Waals surface area contributed by atoms with Gasteiger partial charge in [-0.15, -0.1) is 0 Å². The Balaban J connectivity index is 1.60. The number of sulfonamides is 1. The Morgan fingerprint density at radius 2 is 1.61 bits per heavy atom. The molecule has 0 saturated heterocycles. The van der Waals surface area contributed by atoms with Crippen LogP contribution in [-0.2, 0) is 26.0 Å². The van der Waals surface area contributed by atoms with E-state index < -0.39 is 21.7 Å². The predicted octanol–water partition coefficient (Wildman–Crippen LogP) is 4.47. The molecule has 0 radical (unpaired) electrons. The summed E-state index contributed by atoms with van der Waals surface area (Å²) in [6.07, 6.45) is -0.385. The predicted molar refractivity (Wildman–Crippen MR) is 150 cm³/mol. The molecule has 3 aromatic rings. The number of hydrogen-bond donors (Lipinski definition) is 1. The van der Waals surface area contributed by atoms with Crippen molar-refractivity contribution in [1.82, 2.24) is 14.6 Å². The van der Waals surface area contributed by atoms with Gasteiger partial charge in [0.15, 0.2) is 9.34 Å². The third-order valence-electron chi connectivity index (χ3n) is 5.51. The van der Waals surface area contributed by atoms with Crippen molar-refractivity contribution in [2.24, 2.45) is 0 Å². The Morgan fingerprint density at radius 1 is 1.00 bits per heavy atom. The third-order valence-corrected chi connectivity index (χ3v) is 8.81. The summed E-state index contributed by atoms with van der Waals surface area (Å²) in [6, 6.07) is 17.7. The number of carbonyl (C=O) groups is 2. The topological polar surface area (TPSA) is 109 Å². The number of benzene rings is 2. The van der Waals surface area contributed by atoms with Crippen LogP contribution >= 0.6 is 11.3 Å². The van der Waals surface area contributed by atoms with Gasteiger partial charge in [-0.05, 0) is 44.4 Å². The molecule has 2 aromatic carbocycles. The van der Waals surface area contributed by atoms with Crippen LogP contribution in [-0.4, -0.2) is 63.1 Å². The summed E-state index contributed by atoms with van der Waals surface area (Å²) in [7, 11) is -0.769. The number of nitrogens with one attached hydrogen (secondary N) is 1. The fourth-order valence-corrected chi connectivity index (χ4v) is 6.00. The van der Waals surface area contributed by atoms with E-state index in [1.807, 2.05) is 54.6 Å². The van der Waals surface area contributed by atoms with Crippen LogP contribution in [0, 0.1) is 6.92 Å². The monoisotopic (exact) mass is 558 g/mol. The van der Waals surface area contributed by atoms with Crippen LogP contribution < -0.4 is 9.62 Å². The first-order valence-corrected chi connectivity index (χ1v) is 14.4. The number of aromatic nitrogens is 1. The van der Waals surface area contributed by atoms with Gasteiger partial charge < -0.3 is 9.64 Å². The molecule has 0 unspecified atom stereocenters. The van der Waals surface area contributed by atoms with E-state index in [-0.39, 0.29) is 29.6 Å². The van der Waals surface area contributed by atoms with Gasteiger partial charge in [-0.25, -0.2) is 22.9 Å². The second-order valence-corrected chi connectivity index (χ2v) is 12.8. The van der Waals surface area contributed by atoms with E-state index in [0.717, 1.165) is 28.0 Å². The zero-order chi connectivity index (χ0) is 28.1. The standard InChI is InChI=1S/C27H34N4O5S2/c1-19-24(38(34,35)28-16-17-30(5)26(33)36-27(2,3)4)37-25(29-19)31(6)23(32)18-20-12-14-22(15-13-20)21-10-8-7-9-11-21/h7-15,28H,16-18H2,1-6H3. The minimum absolute atomic E-state index is 0.00149. The van der Waals surface area contributed by atoms with Crippen molar-refractivity contribution in [3.63, 3.8) is 0 Å². The first-order chi connectivity index (χ1) is 17.8. The highest BCUT2D eigenvalue weighted by molar-refractivity contribution is 7.91. The molecular weight excluding hydrogens is 524 g/mol. The van der Waals surface area contributed by atoms with Crippen molar-refractivity contribution in [3.8, 4) is 11.1 Å². The van der Waals surface area contributed by atoms with E-state index in [1.54, 1.807) is 34.7 Å². The molecular formula is C27H34N4O5S2. The van der Waals surface area contributed by atoms with Crippen molar-refractivity contribution in [2.45, 2.75) is 43.9 Å². The van der Waals surface area contributed by atoms with Crippen LogP contribution in [0.2, 0.25) is 0 Å². The lowest BCUT2D eigenvalue weighted by molar-refractivity contribution is -0.117. The van der Waals surface area contributed by atoms with Crippen LogP contribution in [0.5, 0.6) is 0 Å². The minimum atomic E-state index is -3.89. The molecule has 0 aliphatic carbocycles. The number of carbonyl (C=O) groups excluding carboxylic acids is 2. The summed E-state index contributed by atoms with van der Waals surface area (Å²) in [5.41, 5.74) is 2.66. The van der Waals surface area contributed by atoms with Crippen LogP contribution in [0.1, 0.15) is 32.0 Å². The highest BCUT2D eigenvalue weighted by Crippen LogP contribution is 2.29. The molecule has 38 heavy (non-hydrogen) atoms. The molecule has 0 fully saturated rings. The molecule has 0 bridgehead atoms. The molecule has 0 aliphatic heterocycles. The van der Waals surface area contributed by atoms with Crippen LogP contribution in [0.25, 0.3) is 11.1 Å². The number of likely N-dealkylation sites (N-methyl/N-ethyl adjacent to an activating group) is 2. The van der Waals surface area contributed by atoms with Crippen LogP contribution in [0.4, 0.5) is 9.93 Å². The van der Waals surface area contributed by atoms with E-state index in [9.17, 15) is 18.0 Å². The van der Waals surface area contributed by atoms with Crippen molar-refractivity contribution in [2.75, 3.05) is 32.1 Å². The third kappa shape index (κ3) is 7.86. The van der Waals surface area contributed by atoms with Crippen molar-refractivity contribution < 1.29 is 22.7 Å². The van der Waals surface area contributed by atoms with Gasteiger partial charge in [-0.1, -0.05) is 65.9 Å². The molecule has 11 heteroatoms. The summed E-state index contributed by atoms with van der Waals surface area (Å²) >= 11 is 0.924. The number of rotatable bonds is 9. The Bertz CT molecular complexity index is 1360. The minimum Gasteiger partial charge on any atom is -0.444 e. The second-order valence-electron chi connectivity index (χ2n) is 9.86. The summed E-state index contributed by atoms with van der Waals surface area (Å²) in [6.45, 7) is 6.99. The Labute approximate surface area is 228 Å². The molecule has 0 atom stereocenters. The van der Waals surface area contributed by atoms with Crippen molar-refractivity contribution in [1.29, 1.82) is 0 Å². The zero-order valence-electron chi connectivity index (χ0n) is 22.5. The van der Waals surface area contributed by atoms with Crippen molar-refractivity contribution in [3.05, 3.63) is 65.9 Å². The lowest BCUT2D eigenvalue weighted by Gasteiger charge is -2.24. The number of ether oxygens (including phenoxy) is 1. The normalized spacial score (nSPS) is 11.7. The van der Waals surface area contributed by atoms with Gasteiger partial charge in [0, 0.05) is 27.2 Å². The highest BCUT2D eigenvalue weighted by Gasteiger charge is 2.25. The Morgan fingerprint density at radius 3 is 2.21 bits per heavy atom. The molecule has 3 rings (SSSR count). The van der Waals surface area contributed by atoms with E-state index in [0.29, 0.717) is 10.8 Å². The van der Waals surface area contributed by atoms with E-state index in [1.165, 1.54) is 16.8 Å². The molecule has 2 amide bonds. The molecule has 204 valence electrons. The molecule has 0 aliphatic rings. The molecule has 0 spiro atoms. The maximum absolute atomic E-state index is 12.9.